The number of aromatic amines is 1. The fraction of sp³-hybridized carbons (Fsp3) is 0.0952. The summed E-state index contributed by atoms with van der Waals surface area (Å²) in [6.07, 6.45) is 3.50. The fourth-order valence-electron chi connectivity index (χ4n) is 3.44. The molecule has 0 aliphatic carbocycles. The lowest BCUT2D eigenvalue weighted by molar-refractivity contribution is 1.08. The molecule has 0 saturated carbocycles. The van der Waals surface area contributed by atoms with Gasteiger partial charge in [-0.15, -0.1) is 0 Å². The van der Waals surface area contributed by atoms with Crippen molar-refractivity contribution in [2.45, 2.75) is 13.1 Å². The minimum Gasteiger partial charge on any atom is -0.378 e. The average Bonchev–Trinajstić information content (AvgIpc) is 3.13. The van der Waals surface area contributed by atoms with Gasteiger partial charge in [0.15, 0.2) is 0 Å². The predicted molar refractivity (Wildman–Crippen MR) is 118 cm³/mol. The van der Waals surface area contributed by atoms with Crippen molar-refractivity contribution >= 4 is 44.1 Å². The van der Waals surface area contributed by atoms with Crippen LogP contribution in [0, 0.1) is 11.3 Å². The Labute approximate surface area is 180 Å². The number of hydrogen-bond donors (Lipinski definition) is 3. The molecular weight excluding hydrogens is 452 g/mol. The van der Waals surface area contributed by atoms with Crippen LogP contribution in [0.15, 0.2) is 53.4 Å². The molecule has 2 heterocycles. The molecule has 0 aliphatic heterocycles. The molecule has 0 spiro atoms. The second-order valence-corrected chi connectivity index (χ2v) is 7.58. The molecule has 2 aromatic heterocycles. The van der Waals surface area contributed by atoms with Crippen molar-refractivity contribution in [2.24, 2.45) is 5.73 Å². The van der Waals surface area contributed by atoms with E-state index in [1.54, 1.807) is 18.5 Å². The summed E-state index contributed by atoms with van der Waals surface area (Å²) in [4.78, 5) is 4.14. The maximum atomic E-state index is 10.1. The lowest BCUT2D eigenvalue weighted by atomic mass is 9.90. The summed E-state index contributed by atoms with van der Waals surface area (Å²) in [5, 5.41) is 22.2. The van der Waals surface area contributed by atoms with Gasteiger partial charge in [0.2, 0.25) is 0 Å². The van der Waals surface area contributed by atoms with Gasteiger partial charge in [-0.05, 0) is 39.2 Å². The molecule has 0 unspecified atom stereocenters. The molecule has 4 rings (SSSR count). The number of fused-ring (bicyclic) bond motifs is 1. The van der Waals surface area contributed by atoms with Crippen LogP contribution in [0.3, 0.4) is 0 Å². The molecule has 0 amide bonds. The lowest BCUT2D eigenvalue weighted by Crippen LogP contribution is -2.08. The highest BCUT2D eigenvalue weighted by atomic mass is 79.9. The van der Waals surface area contributed by atoms with E-state index in [9.17, 15) is 5.26 Å². The highest BCUT2D eigenvalue weighted by molar-refractivity contribution is 9.10. The highest BCUT2D eigenvalue weighted by Gasteiger charge is 2.24. The number of pyridine rings is 1. The summed E-state index contributed by atoms with van der Waals surface area (Å²) in [7, 11) is 0. The van der Waals surface area contributed by atoms with E-state index < -0.39 is 0 Å². The van der Waals surface area contributed by atoms with Gasteiger partial charge in [0.1, 0.15) is 16.2 Å². The van der Waals surface area contributed by atoms with E-state index in [0.717, 1.165) is 22.1 Å². The van der Waals surface area contributed by atoms with E-state index >= 15 is 0 Å². The van der Waals surface area contributed by atoms with Crippen molar-refractivity contribution in [3.05, 3.63) is 75.1 Å². The number of nitrogens with zero attached hydrogens (tertiary/aromatic N) is 3. The van der Waals surface area contributed by atoms with Crippen molar-refractivity contribution in [1.82, 2.24) is 15.2 Å². The van der Waals surface area contributed by atoms with Crippen LogP contribution in [0.25, 0.3) is 22.0 Å². The molecule has 6 nitrogen and oxygen atoms in total. The van der Waals surface area contributed by atoms with Crippen LogP contribution in [0.1, 0.15) is 16.7 Å². The first-order valence-electron chi connectivity index (χ1n) is 8.86. The first-order valence-corrected chi connectivity index (χ1v) is 10.0. The molecule has 8 heteroatoms. The summed E-state index contributed by atoms with van der Waals surface area (Å²) < 4.78 is 0.704. The maximum Gasteiger partial charge on any atom is 0.118 e. The number of aromatic nitrogens is 3. The summed E-state index contributed by atoms with van der Waals surface area (Å²) in [5.74, 6) is 0. The van der Waals surface area contributed by atoms with E-state index in [0.29, 0.717) is 38.5 Å². The van der Waals surface area contributed by atoms with E-state index in [1.807, 2.05) is 30.3 Å². The molecule has 0 saturated heterocycles. The number of benzene rings is 2. The van der Waals surface area contributed by atoms with Gasteiger partial charge in [-0.1, -0.05) is 35.9 Å². The number of nitrogens with two attached hydrogens (primary N) is 1. The Hall–Kier alpha value is -2.92. The summed E-state index contributed by atoms with van der Waals surface area (Å²) >= 11 is 10.0. The molecule has 0 atom stereocenters. The number of H-pyrrole nitrogens is 1. The van der Waals surface area contributed by atoms with Gasteiger partial charge >= 0.3 is 0 Å². The first kappa shape index (κ1) is 19.4. The van der Waals surface area contributed by atoms with E-state index in [1.165, 1.54) is 0 Å². The SMILES string of the molecule is N#Cc1c(-c2ccccc2Cl)c(CN)c2c(Br)[nH]nc2c1NCc1cccnc1. The van der Waals surface area contributed by atoms with Gasteiger partial charge in [-0.2, -0.15) is 10.4 Å². The standard InChI is InChI=1S/C21H16BrClN6/c22-21-18-14(8-24)17(13-5-1-2-6-16(13)23)15(9-25)19(20(18)28-29-21)27-11-12-4-3-7-26-10-12/h1-7,10,27H,8,11,24H2,(H,28,29). The minimum atomic E-state index is 0.229. The van der Waals surface area contributed by atoms with Gasteiger partial charge in [0.05, 0.1) is 11.3 Å². The quantitative estimate of drug-likeness (QED) is 0.384. The summed E-state index contributed by atoms with van der Waals surface area (Å²) in [6, 6.07) is 13.6. The van der Waals surface area contributed by atoms with Crippen molar-refractivity contribution in [3.8, 4) is 17.2 Å². The van der Waals surface area contributed by atoms with Crippen LogP contribution in [0.2, 0.25) is 5.02 Å². The minimum absolute atomic E-state index is 0.229. The van der Waals surface area contributed by atoms with Gasteiger partial charge in [0.25, 0.3) is 0 Å². The molecule has 4 aromatic rings. The maximum absolute atomic E-state index is 10.1. The Kier molecular flexibility index (Phi) is 5.49. The van der Waals surface area contributed by atoms with Crippen molar-refractivity contribution < 1.29 is 0 Å². The second-order valence-electron chi connectivity index (χ2n) is 6.38. The third kappa shape index (κ3) is 3.47. The normalized spacial score (nSPS) is 10.8. The molecule has 2 aromatic carbocycles. The Balaban J connectivity index is 2.00. The van der Waals surface area contributed by atoms with Crippen molar-refractivity contribution in [1.29, 1.82) is 5.26 Å². The van der Waals surface area contributed by atoms with Crippen LogP contribution < -0.4 is 11.1 Å². The molecule has 0 fully saturated rings. The Morgan fingerprint density at radius 3 is 2.76 bits per heavy atom. The second kappa shape index (κ2) is 8.21. The predicted octanol–water partition coefficient (Wildman–Crippen LogP) is 4.98. The number of nitriles is 1. The van der Waals surface area contributed by atoms with Crippen LogP contribution in [-0.2, 0) is 13.1 Å². The van der Waals surface area contributed by atoms with Gasteiger partial charge < -0.3 is 11.1 Å². The Bertz CT molecular complexity index is 1230. The monoisotopic (exact) mass is 466 g/mol. The zero-order valence-electron chi connectivity index (χ0n) is 15.2. The summed E-state index contributed by atoms with van der Waals surface area (Å²) in [5.41, 5.74) is 11.1. The van der Waals surface area contributed by atoms with E-state index in [4.69, 9.17) is 17.3 Å². The van der Waals surface area contributed by atoms with Crippen LogP contribution in [0.4, 0.5) is 5.69 Å². The van der Waals surface area contributed by atoms with E-state index in [-0.39, 0.29) is 6.54 Å². The molecule has 4 N–H and O–H groups in total. The largest absolute Gasteiger partial charge is 0.378 e. The first-order chi connectivity index (χ1) is 14.2. The molecule has 0 radical (unpaired) electrons. The Morgan fingerprint density at radius 1 is 1.24 bits per heavy atom. The third-order valence-electron chi connectivity index (χ3n) is 4.71. The number of rotatable bonds is 5. The summed E-state index contributed by atoms with van der Waals surface area (Å²) in [6.45, 7) is 0.721. The molecule has 29 heavy (non-hydrogen) atoms. The number of hydrogen-bond acceptors (Lipinski definition) is 5. The third-order valence-corrected chi connectivity index (χ3v) is 5.62. The van der Waals surface area contributed by atoms with Gasteiger partial charge in [-0.3, -0.25) is 10.1 Å². The lowest BCUT2D eigenvalue weighted by Gasteiger charge is -2.18. The molecular formula is C21H16BrClN6. The average molecular weight is 468 g/mol. The topological polar surface area (TPSA) is 103 Å². The zero-order chi connectivity index (χ0) is 20.4. The highest BCUT2D eigenvalue weighted by Crippen LogP contribution is 2.43. The van der Waals surface area contributed by atoms with Gasteiger partial charge in [0, 0.05) is 47.0 Å². The molecule has 0 aliphatic rings. The molecule has 144 valence electrons. The van der Waals surface area contributed by atoms with Crippen molar-refractivity contribution in [2.75, 3.05) is 5.32 Å². The van der Waals surface area contributed by atoms with Crippen LogP contribution in [0.5, 0.6) is 0 Å². The number of halogens is 2. The fourth-order valence-corrected chi connectivity index (χ4v) is 4.18. The van der Waals surface area contributed by atoms with E-state index in [2.05, 4.69) is 42.5 Å². The van der Waals surface area contributed by atoms with Crippen LogP contribution >= 0.6 is 27.5 Å². The number of anilines is 1. The van der Waals surface area contributed by atoms with Crippen molar-refractivity contribution in [3.63, 3.8) is 0 Å². The Morgan fingerprint density at radius 2 is 2.07 bits per heavy atom. The van der Waals surface area contributed by atoms with Crippen LogP contribution in [-0.4, -0.2) is 15.2 Å². The zero-order valence-corrected chi connectivity index (χ0v) is 17.5. The molecule has 0 bridgehead atoms. The number of nitrogens with one attached hydrogen (secondary N) is 2. The smallest absolute Gasteiger partial charge is 0.118 e. The van der Waals surface area contributed by atoms with Gasteiger partial charge in [-0.25, -0.2) is 0 Å².